The zero-order valence-electron chi connectivity index (χ0n) is 17.7. The van der Waals surface area contributed by atoms with Crippen LogP contribution in [0.2, 0.25) is 0 Å². The minimum atomic E-state index is -0.438. The van der Waals surface area contributed by atoms with E-state index in [1.54, 1.807) is 20.1 Å². The van der Waals surface area contributed by atoms with Crippen LogP contribution >= 0.6 is 0 Å². The summed E-state index contributed by atoms with van der Waals surface area (Å²) >= 11 is 0. The Kier molecular flexibility index (Phi) is 6.55. The number of ether oxygens (including phenoxy) is 1. The van der Waals surface area contributed by atoms with Gasteiger partial charge in [0.25, 0.3) is 5.91 Å². The van der Waals surface area contributed by atoms with Crippen molar-refractivity contribution in [1.82, 2.24) is 5.32 Å². The van der Waals surface area contributed by atoms with Crippen LogP contribution in [-0.2, 0) is 9.53 Å². The molecular formula is C24H25N3O3. The number of hydrogen-bond acceptors (Lipinski definition) is 5. The van der Waals surface area contributed by atoms with Crippen LogP contribution in [0.25, 0.3) is 27.7 Å². The van der Waals surface area contributed by atoms with Gasteiger partial charge < -0.3 is 19.4 Å². The minimum Gasteiger partial charge on any atom is -0.456 e. The summed E-state index contributed by atoms with van der Waals surface area (Å²) in [5, 5.41) is 14.4. The summed E-state index contributed by atoms with van der Waals surface area (Å²) in [7, 11) is 5.59. The second-order valence-electron chi connectivity index (χ2n) is 7.17. The number of nitrogens with zero attached hydrogens (tertiary/aromatic N) is 2. The molecule has 0 spiro atoms. The number of hydrogen-bond donors (Lipinski definition) is 1. The monoisotopic (exact) mass is 403 g/mol. The summed E-state index contributed by atoms with van der Waals surface area (Å²) in [6, 6.07) is 18.1. The number of methoxy groups -OCH3 is 1. The molecule has 1 heterocycles. The van der Waals surface area contributed by atoms with Crippen LogP contribution in [0.5, 0.6) is 0 Å². The Morgan fingerprint density at radius 3 is 2.57 bits per heavy atom. The topological polar surface area (TPSA) is 78.5 Å². The van der Waals surface area contributed by atoms with E-state index in [1.165, 1.54) is 0 Å². The van der Waals surface area contributed by atoms with Gasteiger partial charge in [-0.1, -0.05) is 18.2 Å². The number of benzene rings is 2. The molecule has 1 aromatic heterocycles. The maximum absolute atomic E-state index is 12.3. The van der Waals surface area contributed by atoms with Gasteiger partial charge >= 0.3 is 0 Å². The van der Waals surface area contributed by atoms with E-state index in [-0.39, 0.29) is 5.57 Å². The Hall–Kier alpha value is -3.56. The third-order valence-corrected chi connectivity index (χ3v) is 4.91. The number of furan rings is 1. The highest BCUT2D eigenvalue weighted by Crippen LogP contribution is 2.30. The van der Waals surface area contributed by atoms with Gasteiger partial charge in [-0.15, -0.1) is 0 Å². The van der Waals surface area contributed by atoms with Crippen molar-refractivity contribution in [2.45, 2.75) is 6.92 Å². The van der Waals surface area contributed by atoms with Crippen LogP contribution in [0, 0.1) is 11.3 Å². The molecule has 3 aromatic rings. The van der Waals surface area contributed by atoms with Crippen LogP contribution in [0.3, 0.4) is 0 Å². The Bertz CT molecular complexity index is 1140. The third kappa shape index (κ3) is 4.53. The van der Waals surface area contributed by atoms with E-state index < -0.39 is 5.91 Å². The molecule has 0 unspecified atom stereocenters. The molecule has 6 heteroatoms. The van der Waals surface area contributed by atoms with Gasteiger partial charge in [-0.2, -0.15) is 5.26 Å². The number of rotatable bonds is 7. The van der Waals surface area contributed by atoms with E-state index in [2.05, 4.69) is 40.5 Å². The number of amides is 1. The first-order valence-corrected chi connectivity index (χ1v) is 9.64. The van der Waals surface area contributed by atoms with E-state index in [4.69, 9.17) is 9.15 Å². The quantitative estimate of drug-likeness (QED) is 0.363. The normalized spacial score (nSPS) is 11.7. The van der Waals surface area contributed by atoms with Crippen molar-refractivity contribution < 1.29 is 13.9 Å². The Labute approximate surface area is 176 Å². The minimum absolute atomic E-state index is 0.0294. The van der Waals surface area contributed by atoms with Crippen molar-refractivity contribution in [1.29, 1.82) is 5.26 Å². The van der Waals surface area contributed by atoms with Crippen molar-refractivity contribution in [2.75, 3.05) is 39.3 Å². The van der Waals surface area contributed by atoms with Crippen LogP contribution < -0.4 is 10.2 Å². The van der Waals surface area contributed by atoms with E-state index in [0.29, 0.717) is 30.2 Å². The van der Waals surface area contributed by atoms with E-state index in [0.717, 1.165) is 22.0 Å². The zero-order valence-corrected chi connectivity index (χ0v) is 17.7. The molecule has 0 aliphatic heterocycles. The summed E-state index contributed by atoms with van der Waals surface area (Å²) in [5.74, 6) is 0.735. The number of nitrogens with one attached hydrogen (secondary N) is 1. The van der Waals surface area contributed by atoms with Crippen molar-refractivity contribution in [3.63, 3.8) is 0 Å². The molecule has 0 bridgehead atoms. The highest BCUT2D eigenvalue weighted by atomic mass is 16.5. The average Bonchev–Trinajstić information content (AvgIpc) is 3.24. The molecule has 0 aliphatic rings. The molecule has 1 amide bonds. The van der Waals surface area contributed by atoms with Crippen molar-refractivity contribution in [3.8, 4) is 17.4 Å². The molecule has 30 heavy (non-hydrogen) atoms. The lowest BCUT2D eigenvalue weighted by Gasteiger charge is -2.13. The first kappa shape index (κ1) is 21.2. The molecular weight excluding hydrogens is 378 g/mol. The smallest absolute Gasteiger partial charge is 0.262 e. The van der Waals surface area contributed by atoms with Gasteiger partial charge in [-0.25, -0.2) is 0 Å². The summed E-state index contributed by atoms with van der Waals surface area (Å²) in [5.41, 5.74) is 2.60. The number of nitriles is 1. The van der Waals surface area contributed by atoms with Gasteiger partial charge in [0, 0.05) is 44.6 Å². The number of fused-ring (bicyclic) bond motifs is 1. The number of carbonyl (C=O) groups excluding carboxylic acids is 1. The zero-order chi connectivity index (χ0) is 21.7. The molecule has 2 aromatic carbocycles. The summed E-state index contributed by atoms with van der Waals surface area (Å²) < 4.78 is 10.9. The average molecular weight is 403 g/mol. The van der Waals surface area contributed by atoms with Crippen molar-refractivity contribution in [3.05, 3.63) is 59.9 Å². The summed E-state index contributed by atoms with van der Waals surface area (Å²) in [6.45, 7) is 2.43. The first-order valence-electron chi connectivity index (χ1n) is 9.64. The van der Waals surface area contributed by atoms with Gasteiger partial charge in [0.05, 0.1) is 6.61 Å². The molecule has 0 saturated carbocycles. The molecule has 3 rings (SSSR count). The molecule has 0 atom stereocenters. The molecule has 0 aliphatic carbocycles. The Morgan fingerprint density at radius 1 is 1.13 bits per heavy atom. The van der Waals surface area contributed by atoms with Crippen LogP contribution in [0.15, 0.2) is 58.5 Å². The second kappa shape index (κ2) is 9.29. The Balaban J connectivity index is 1.88. The van der Waals surface area contributed by atoms with Crippen LogP contribution in [-0.4, -0.2) is 40.3 Å². The third-order valence-electron chi connectivity index (χ3n) is 4.91. The SMILES string of the molecule is COCCNC(=O)/C(C#N)=C(\C)c1ccc(-c2ccc3cc(N(C)C)ccc3c2)o1. The maximum Gasteiger partial charge on any atom is 0.262 e. The molecule has 154 valence electrons. The maximum atomic E-state index is 12.3. The van der Waals surface area contributed by atoms with Gasteiger partial charge in [-0.3, -0.25) is 4.79 Å². The van der Waals surface area contributed by atoms with Gasteiger partial charge in [-0.05, 0) is 48.0 Å². The second-order valence-corrected chi connectivity index (χ2v) is 7.17. The summed E-state index contributed by atoms with van der Waals surface area (Å²) in [4.78, 5) is 14.3. The molecule has 6 nitrogen and oxygen atoms in total. The van der Waals surface area contributed by atoms with Crippen molar-refractivity contribution >= 4 is 27.9 Å². The van der Waals surface area contributed by atoms with Crippen LogP contribution in [0.4, 0.5) is 5.69 Å². The molecule has 0 fully saturated rings. The van der Waals surface area contributed by atoms with Gasteiger partial charge in [0.1, 0.15) is 23.2 Å². The molecule has 0 radical (unpaired) electrons. The fourth-order valence-electron chi connectivity index (χ4n) is 3.14. The molecule has 0 saturated heterocycles. The standard InChI is InChI=1S/C24H25N3O3/c1-16(21(15-25)24(28)26-11-12-29-4)22-9-10-23(30-22)19-6-5-18-14-20(27(2)3)8-7-17(18)13-19/h5-10,13-14H,11-12H2,1-4H3,(H,26,28)/b21-16+. The van der Waals surface area contributed by atoms with Gasteiger partial charge in [0.2, 0.25) is 0 Å². The van der Waals surface area contributed by atoms with E-state index in [1.807, 2.05) is 32.3 Å². The Morgan fingerprint density at radius 2 is 1.87 bits per heavy atom. The predicted molar refractivity (Wildman–Crippen MR) is 119 cm³/mol. The summed E-state index contributed by atoms with van der Waals surface area (Å²) in [6.07, 6.45) is 0. The lowest BCUT2D eigenvalue weighted by molar-refractivity contribution is -0.117. The fourth-order valence-corrected chi connectivity index (χ4v) is 3.14. The fraction of sp³-hybridized carbons (Fsp3) is 0.250. The first-order chi connectivity index (χ1) is 14.4. The van der Waals surface area contributed by atoms with Gasteiger partial charge in [0.15, 0.2) is 0 Å². The van der Waals surface area contributed by atoms with E-state index in [9.17, 15) is 10.1 Å². The van der Waals surface area contributed by atoms with Crippen molar-refractivity contribution in [2.24, 2.45) is 0 Å². The number of allylic oxidation sites excluding steroid dienone is 1. The predicted octanol–water partition coefficient (Wildman–Crippen LogP) is 4.23. The molecule has 1 N–H and O–H groups in total. The van der Waals surface area contributed by atoms with E-state index >= 15 is 0 Å². The number of carbonyl (C=O) groups is 1. The highest BCUT2D eigenvalue weighted by Gasteiger charge is 2.16. The lowest BCUT2D eigenvalue weighted by Crippen LogP contribution is -2.28. The highest BCUT2D eigenvalue weighted by molar-refractivity contribution is 6.04. The lowest BCUT2D eigenvalue weighted by atomic mass is 10.0. The largest absolute Gasteiger partial charge is 0.456 e. The van der Waals surface area contributed by atoms with Crippen LogP contribution in [0.1, 0.15) is 12.7 Å². The number of anilines is 1.